The van der Waals surface area contributed by atoms with Gasteiger partial charge < -0.3 is 5.32 Å². The number of halogens is 5. The summed E-state index contributed by atoms with van der Waals surface area (Å²) in [4.78, 5) is 3.60. The molecule has 1 aromatic heterocycles. The van der Waals surface area contributed by atoms with Crippen LogP contribution >= 0.6 is 22.9 Å². The van der Waals surface area contributed by atoms with Gasteiger partial charge in [0.2, 0.25) is 0 Å². The molecule has 0 radical (unpaired) electrons. The van der Waals surface area contributed by atoms with Gasteiger partial charge in [-0.25, -0.2) is 9.37 Å². The molecule has 108 valence electrons. The van der Waals surface area contributed by atoms with Crippen LogP contribution < -0.4 is 5.32 Å². The van der Waals surface area contributed by atoms with Gasteiger partial charge in [-0.1, -0.05) is 23.7 Å². The van der Waals surface area contributed by atoms with Crippen LogP contribution in [0.4, 0.5) is 17.6 Å². The molecule has 1 unspecified atom stereocenters. The first-order chi connectivity index (χ1) is 9.34. The predicted octanol–water partition coefficient (Wildman–Crippen LogP) is 4.26. The lowest BCUT2D eigenvalue weighted by Gasteiger charge is -2.15. The lowest BCUT2D eigenvalue weighted by atomic mass is 10.1. The average molecular weight is 325 g/mol. The molecule has 20 heavy (non-hydrogen) atoms. The Bertz CT molecular complexity index is 612. The fourth-order valence-electron chi connectivity index (χ4n) is 1.75. The van der Waals surface area contributed by atoms with Crippen LogP contribution in [-0.4, -0.2) is 12.0 Å². The Balaban J connectivity index is 2.43. The van der Waals surface area contributed by atoms with Gasteiger partial charge in [-0.2, -0.15) is 13.2 Å². The van der Waals surface area contributed by atoms with Crippen LogP contribution in [0.1, 0.15) is 21.5 Å². The molecule has 0 saturated carbocycles. The lowest BCUT2D eigenvalue weighted by molar-refractivity contribution is -0.137. The fraction of sp³-hybridized carbons (Fsp3) is 0.250. The van der Waals surface area contributed by atoms with Crippen molar-refractivity contribution in [2.24, 2.45) is 0 Å². The highest BCUT2D eigenvalue weighted by molar-refractivity contribution is 7.11. The zero-order valence-electron chi connectivity index (χ0n) is 10.1. The van der Waals surface area contributed by atoms with Crippen LogP contribution in [0.25, 0.3) is 0 Å². The smallest absolute Gasteiger partial charge is 0.309 e. The van der Waals surface area contributed by atoms with Crippen LogP contribution in [0.5, 0.6) is 0 Å². The number of benzene rings is 1. The summed E-state index contributed by atoms with van der Waals surface area (Å²) in [6.07, 6.45) is -3.41. The zero-order valence-corrected chi connectivity index (χ0v) is 11.7. The second-order valence-corrected chi connectivity index (χ2v) is 5.40. The molecule has 2 nitrogen and oxygen atoms in total. The van der Waals surface area contributed by atoms with E-state index in [0.717, 1.165) is 6.20 Å². The lowest BCUT2D eigenvalue weighted by Crippen LogP contribution is -2.18. The van der Waals surface area contributed by atoms with Gasteiger partial charge in [-0.05, 0) is 13.1 Å². The molecule has 2 rings (SSSR count). The van der Waals surface area contributed by atoms with E-state index in [-0.39, 0.29) is 15.5 Å². The number of nitrogens with zero attached hydrogens (tertiary/aromatic N) is 1. The minimum absolute atomic E-state index is 0.0803. The Morgan fingerprint density at radius 3 is 2.60 bits per heavy atom. The van der Waals surface area contributed by atoms with Crippen molar-refractivity contribution in [3.63, 3.8) is 0 Å². The average Bonchev–Trinajstić information content (AvgIpc) is 2.85. The van der Waals surface area contributed by atoms with Crippen molar-refractivity contribution in [2.75, 3.05) is 7.05 Å². The molecule has 0 fully saturated rings. The first-order valence-corrected chi connectivity index (χ1v) is 6.68. The molecular weight excluding hydrogens is 316 g/mol. The molecule has 0 aliphatic carbocycles. The molecule has 0 spiro atoms. The van der Waals surface area contributed by atoms with E-state index in [1.807, 2.05) is 0 Å². The Morgan fingerprint density at radius 1 is 1.35 bits per heavy atom. The second kappa shape index (κ2) is 5.67. The number of nitrogens with one attached hydrogen (secondary N) is 1. The molecule has 1 atom stereocenters. The molecule has 1 N–H and O–H groups in total. The van der Waals surface area contributed by atoms with E-state index in [9.17, 15) is 17.6 Å². The van der Waals surface area contributed by atoms with Crippen LogP contribution in [0.2, 0.25) is 5.02 Å². The van der Waals surface area contributed by atoms with Crippen molar-refractivity contribution in [2.45, 2.75) is 12.2 Å². The minimum atomic E-state index is -4.51. The number of alkyl halides is 3. The van der Waals surface area contributed by atoms with E-state index in [0.29, 0.717) is 11.3 Å². The molecule has 2 aromatic rings. The van der Waals surface area contributed by atoms with E-state index in [4.69, 9.17) is 11.6 Å². The van der Waals surface area contributed by atoms with Gasteiger partial charge in [0, 0.05) is 16.6 Å². The molecule has 0 amide bonds. The van der Waals surface area contributed by atoms with Crippen LogP contribution in [0.3, 0.4) is 0 Å². The van der Waals surface area contributed by atoms with Gasteiger partial charge in [0.25, 0.3) is 0 Å². The number of aromatic nitrogens is 1. The first-order valence-electron chi connectivity index (χ1n) is 5.48. The van der Waals surface area contributed by atoms with Gasteiger partial charge in [-0.15, -0.1) is 11.3 Å². The number of hydrogen-bond acceptors (Lipinski definition) is 3. The van der Waals surface area contributed by atoms with E-state index in [2.05, 4.69) is 10.3 Å². The van der Waals surface area contributed by atoms with Gasteiger partial charge in [0.05, 0.1) is 11.1 Å². The van der Waals surface area contributed by atoms with E-state index >= 15 is 0 Å². The van der Waals surface area contributed by atoms with Crippen molar-refractivity contribution in [1.82, 2.24) is 10.3 Å². The molecule has 0 aliphatic rings. The highest BCUT2D eigenvalue weighted by Crippen LogP contribution is 2.36. The maximum Gasteiger partial charge on any atom is 0.443 e. The van der Waals surface area contributed by atoms with E-state index in [1.54, 1.807) is 0 Å². The summed E-state index contributed by atoms with van der Waals surface area (Å²) < 4.78 is 51.6. The molecule has 0 aliphatic heterocycles. The van der Waals surface area contributed by atoms with Crippen molar-refractivity contribution < 1.29 is 17.6 Å². The van der Waals surface area contributed by atoms with Crippen molar-refractivity contribution >= 4 is 22.9 Å². The summed E-state index contributed by atoms with van der Waals surface area (Å²) in [6.45, 7) is 0. The summed E-state index contributed by atoms with van der Waals surface area (Å²) in [5.41, 5.74) is 0.178. The largest absolute Gasteiger partial charge is 0.443 e. The Kier molecular flexibility index (Phi) is 4.31. The van der Waals surface area contributed by atoms with Crippen LogP contribution in [-0.2, 0) is 6.18 Å². The SMILES string of the molecule is CNC(c1cnc(C(F)(F)F)s1)c1cccc(Cl)c1F. The highest BCUT2D eigenvalue weighted by atomic mass is 35.5. The third-order valence-corrected chi connectivity index (χ3v) is 4.03. The van der Waals surface area contributed by atoms with E-state index in [1.165, 1.54) is 25.2 Å². The highest BCUT2D eigenvalue weighted by Gasteiger charge is 2.35. The first kappa shape index (κ1) is 15.2. The number of hydrogen-bond donors (Lipinski definition) is 1. The molecule has 8 heteroatoms. The summed E-state index contributed by atoms with van der Waals surface area (Å²) >= 11 is 6.16. The zero-order chi connectivity index (χ0) is 14.9. The van der Waals surface area contributed by atoms with Crippen LogP contribution in [0, 0.1) is 5.82 Å². The van der Waals surface area contributed by atoms with Crippen molar-refractivity contribution in [3.05, 3.63) is 50.7 Å². The summed E-state index contributed by atoms with van der Waals surface area (Å²) in [5.74, 6) is -0.657. The van der Waals surface area contributed by atoms with Crippen molar-refractivity contribution in [3.8, 4) is 0 Å². The number of thiazole rings is 1. The van der Waals surface area contributed by atoms with Gasteiger partial charge in [0.1, 0.15) is 5.82 Å². The topological polar surface area (TPSA) is 24.9 Å². The predicted molar refractivity (Wildman–Crippen MR) is 69.4 cm³/mol. The molecular formula is C12H9ClF4N2S. The van der Waals surface area contributed by atoms with E-state index < -0.39 is 23.0 Å². The maximum atomic E-state index is 14.0. The Labute approximate surface area is 121 Å². The van der Waals surface area contributed by atoms with Gasteiger partial charge in [-0.3, -0.25) is 0 Å². The summed E-state index contributed by atoms with van der Waals surface area (Å²) in [5, 5.41) is 1.73. The maximum absolute atomic E-state index is 14.0. The Hall–Kier alpha value is -1.18. The van der Waals surface area contributed by atoms with Crippen molar-refractivity contribution in [1.29, 1.82) is 0 Å². The van der Waals surface area contributed by atoms with Gasteiger partial charge in [0.15, 0.2) is 5.01 Å². The Morgan fingerprint density at radius 2 is 2.05 bits per heavy atom. The third kappa shape index (κ3) is 2.94. The minimum Gasteiger partial charge on any atom is -0.309 e. The quantitative estimate of drug-likeness (QED) is 0.853. The molecule has 1 aromatic carbocycles. The van der Waals surface area contributed by atoms with Crippen LogP contribution in [0.15, 0.2) is 24.4 Å². The molecule has 0 bridgehead atoms. The second-order valence-electron chi connectivity index (χ2n) is 3.93. The number of rotatable bonds is 3. The van der Waals surface area contributed by atoms with Gasteiger partial charge >= 0.3 is 6.18 Å². The third-order valence-electron chi connectivity index (χ3n) is 2.63. The summed E-state index contributed by atoms with van der Waals surface area (Å²) in [6, 6.07) is 3.65. The summed E-state index contributed by atoms with van der Waals surface area (Å²) in [7, 11) is 1.53. The fourth-order valence-corrected chi connectivity index (χ4v) is 2.84. The normalized spacial score (nSPS) is 13.5. The monoisotopic (exact) mass is 324 g/mol. The molecule has 1 heterocycles. The molecule has 0 saturated heterocycles. The standard InChI is InChI=1S/C12H9ClF4N2S/c1-18-10(6-3-2-4-7(13)9(6)14)8-5-19-11(20-8)12(15,16)17/h2-5,10,18H,1H3.